The molecule has 4 rings (SSSR count). The quantitative estimate of drug-likeness (QED) is 0.533. The lowest BCUT2D eigenvalue weighted by molar-refractivity contribution is 0.102. The van der Waals surface area contributed by atoms with Gasteiger partial charge in [-0.1, -0.05) is 18.2 Å². The molecular weight excluding hydrogens is 374 g/mol. The maximum atomic E-state index is 12.9. The van der Waals surface area contributed by atoms with Crippen LogP contribution in [-0.2, 0) is 6.54 Å². The summed E-state index contributed by atoms with van der Waals surface area (Å²) in [6.07, 6.45) is 0. The molecule has 0 unspecified atom stereocenters. The number of aromatic nitrogens is 4. The normalized spacial score (nSPS) is 10.9. The topological polar surface area (TPSA) is 64.7 Å². The highest BCUT2D eigenvalue weighted by Gasteiger charge is 2.10. The van der Waals surface area contributed by atoms with Crippen molar-refractivity contribution < 1.29 is 4.79 Å². The molecule has 2 aromatic heterocycles. The van der Waals surface area contributed by atoms with E-state index in [9.17, 15) is 4.79 Å². The van der Waals surface area contributed by atoms with E-state index in [1.165, 1.54) is 0 Å². The van der Waals surface area contributed by atoms with Gasteiger partial charge in [-0.25, -0.2) is 4.68 Å². The van der Waals surface area contributed by atoms with Gasteiger partial charge >= 0.3 is 0 Å². The van der Waals surface area contributed by atoms with E-state index in [2.05, 4.69) is 15.5 Å². The second-order valence-corrected chi connectivity index (χ2v) is 7.63. The fraction of sp³-hybridized carbons (Fsp3) is 0.208. The average molecular weight is 399 g/mol. The summed E-state index contributed by atoms with van der Waals surface area (Å²) >= 11 is 0. The van der Waals surface area contributed by atoms with Crippen molar-refractivity contribution in [2.45, 2.75) is 34.2 Å². The highest BCUT2D eigenvalue weighted by molar-refractivity contribution is 6.04. The minimum Gasteiger partial charge on any atom is -0.322 e. The molecule has 2 aromatic carbocycles. The fourth-order valence-electron chi connectivity index (χ4n) is 3.63. The Morgan fingerprint density at radius 1 is 0.867 bits per heavy atom. The van der Waals surface area contributed by atoms with Crippen LogP contribution in [0.1, 0.15) is 38.7 Å². The summed E-state index contributed by atoms with van der Waals surface area (Å²) in [7, 11) is 0. The van der Waals surface area contributed by atoms with Gasteiger partial charge < -0.3 is 5.32 Å². The Bertz CT molecular complexity index is 1220. The number of aryl methyl sites for hydroxylation is 4. The predicted molar refractivity (Wildman–Crippen MR) is 118 cm³/mol. The van der Waals surface area contributed by atoms with Gasteiger partial charge in [-0.3, -0.25) is 9.48 Å². The summed E-state index contributed by atoms with van der Waals surface area (Å²) in [6.45, 7) is 8.63. The molecule has 0 saturated carbocycles. The number of hydrogen-bond donors (Lipinski definition) is 1. The van der Waals surface area contributed by atoms with Gasteiger partial charge in [0.25, 0.3) is 5.91 Å². The van der Waals surface area contributed by atoms with Crippen LogP contribution in [-0.4, -0.2) is 25.5 Å². The molecule has 1 N–H and O–H groups in total. The van der Waals surface area contributed by atoms with Crippen molar-refractivity contribution in [1.29, 1.82) is 0 Å². The highest BCUT2D eigenvalue weighted by Crippen LogP contribution is 2.18. The molecule has 0 aliphatic heterocycles. The molecule has 0 radical (unpaired) electrons. The number of nitrogens with one attached hydrogen (secondary N) is 1. The SMILES string of the molecule is Cc1cc(C)n(Cc2cccc(C(=O)Nc3cccc(-n4nc(C)cc4C)c3)c2)n1. The number of hydrogen-bond acceptors (Lipinski definition) is 3. The molecule has 30 heavy (non-hydrogen) atoms. The molecule has 0 bridgehead atoms. The minimum absolute atomic E-state index is 0.143. The number of anilines is 1. The third-order valence-corrected chi connectivity index (χ3v) is 4.98. The summed E-state index contributed by atoms with van der Waals surface area (Å²) in [5.74, 6) is -0.143. The second-order valence-electron chi connectivity index (χ2n) is 7.63. The van der Waals surface area contributed by atoms with Crippen molar-refractivity contribution in [3.05, 3.63) is 94.6 Å². The summed E-state index contributed by atoms with van der Waals surface area (Å²) in [4.78, 5) is 12.9. The number of benzene rings is 2. The van der Waals surface area contributed by atoms with Crippen LogP contribution in [0.5, 0.6) is 0 Å². The van der Waals surface area contributed by atoms with E-state index in [1.807, 2.05) is 97.7 Å². The molecule has 0 aliphatic carbocycles. The summed E-state index contributed by atoms with van der Waals surface area (Å²) in [5.41, 5.74) is 7.39. The molecule has 0 saturated heterocycles. The Morgan fingerprint density at radius 3 is 2.30 bits per heavy atom. The number of amides is 1. The maximum absolute atomic E-state index is 12.9. The van der Waals surface area contributed by atoms with E-state index in [1.54, 1.807) is 0 Å². The monoisotopic (exact) mass is 399 g/mol. The average Bonchev–Trinajstić information content (AvgIpc) is 3.21. The van der Waals surface area contributed by atoms with Crippen molar-refractivity contribution >= 4 is 11.6 Å². The molecule has 6 heteroatoms. The van der Waals surface area contributed by atoms with E-state index in [0.29, 0.717) is 12.1 Å². The number of carbonyl (C=O) groups excluding carboxylic acids is 1. The summed E-state index contributed by atoms with van der Waals surface area (Å²) in [6, 6.07) is 19.4. The van der Waals surface area contributed by atoms with Crippen LogP contribution < -0.4 is 5.32 Å². The first-order chi connectivity index (χ1) is 14.4. The van der Waals surface area contributed by atoms with Crippen LogP contribution in [0.15, 0.2) is 60.7 Å². The third-order valence-electron chi connectivity index (χ3n) is 4.98. The molecule has 2 heterocycles. The Morgan fingerprint density at radius 2 is 1.60 bits per heavy atom. The third kappa shape index (κ3) is 4.17. The Balaban J connectivity index is 1.52. The van der Waals surface area contributed by atoms with Crippen molar-refractivity contribution in [3.8, 4) is 5.69 Å². The molecule has 1 amide bonds. The van der Waals surface area contributed by atoms with Crippen molar-refractivity contribution in [3.63, 3.8) is 0 Å². The van der Waals surface area contributed by atoms with Gasteiger partial charge in [0.2, 0.25) is 0 Å². The Kier molecular flexibility index (Phi) is 5.23. The smallest absolute Gasteiger partial charge is 0.255 e. The molecule has 0 spiro atoms. The van der Waals surface area contributed by atoms with E-state index < -0.39 is 0 Å². The predicted octanol–water partition coefficient (Wildman–Crippen LogP) is 4.60. The summed E-state index contributed by atoms with van der Waals surface area (Å²) < 4.78 is 3.82. The van der Waals surface area contributed by atoms with Crippen molar-refractivity contribution in [2.24, 2.45) is 0 Å². The van der Waals surface area contributed by atoms with Gasteiger partial charge in [-0.15, -0.1) is 0 Å². The molecule has 0 atom stereocenters. The lowest BCUT2D eigenvalue weighted by Crippen LogP contribution is -2.13. The van der Waals surface area contributed by atoms with Crippen LogP contribution in [0.2, 0.25) is 0 Å². The van der Waals surface area contributed by atoms with Gasteiger partial charge in [0.1, 0.15) is 0 Å². The zero-order chi connectivity index (χ0) is 21.3. The van der Waals surface area contributed by atoms with E-state index >= 15 is 0 Å². The van der Waals surface area contributed by atoms with Gasteiger partial charge in [0.15, 0.2) is 0 Å². The molecular formula is C24H25N5O. The lowest BCUT2D eigenvalue weighted by Gasteiger charge is -2.10. The van der Waals surface area contributed by atoms with Crippen LogP contribution in [0.25, 0.3) is 5.69 Å². The first-order valence-corrected chi connectivity index (χ1v) is 9.94. The Labute approximate surface area is 176 Å². The first kappa shape index (κ1) is 19.6. The second kappa shape index (κ2) is 7.99. The van der Waals surface area contributed by atoms with E-state index in [-0.39, 0.29) is 5.91 Å². The maximum Gasteiger partial charge on any atom is 0.255 e. The molecule has 4 aromatic rings. The lowest BCUT2D eigenvalue weighted by atomic mass is 10.1. The zero-order valence-corrected chi connectivity index (χ0v) is 17.7. The van der Waals surface area contributed by atoms with Gasteiger partial charge in [0, 0.05) is 22.6 Å². The van der Waals surface area contributed by atoms with Gasteiger partial charge in [0.05, 0.1) is 23.6 Å². The molecule has 0 fully saturated rings. The zero-order valence-electron chi connectivity index (χ0n) is 17.7. The molecule has 152 valence electrons. The standard InChI is InChI=1S/C24H25N5O/c1-16-11-18(3)28(26-16)15-20-7-5-8-21(13-20)24(30)25-22-9-6-10-23(14-22)29-19(4)12-17(2)27-29/h5-14H,15H2,1-4H3,(H,25,30). The Hall–Kier alpha value is -3.67. The largest absolute Gasteiger partial charge is 0.322 e. The first-order valence-electron chi connectivity index (χ1n) is 9.94. The van der Waals surface area contributed by atoms with Crippen molar-refractivity contribution in [1.82, 2.24) is 19.6 Å². The number of rotatable bonds is 5. The minimum atomic E-state index is -0.143. The summed E-state index contributed by atoms with van der Waals surface area (Å²) in [5, 5.41) is 12.0. The highest BCUT2D eigenvalue weighted by atomic mass is 16.1. The van der Waals surface area contributed by atoms with E-state index in [4.69, 9.17) is 0 Å². The molecule has 0 aliphatic rings. The van der Waals surface area contributed by atoms with Gasteiger partial charge in [-0.2, -0.15) is 10.2 Å². The van der Waals surface area contributed by atoms with Crippen LogP contribution in [0.4, 0.5) is 5.69 Å². The fourth-order valence-corrected chi connectivity index (χ4v) is 3.63. The van der Waals surface area contributed by atoms with E-state index in [0.717, 1.165) is 39.7 Å². The van der Waals surface area contributed by atoms with Gasteiger partial charge in [-0.05, 0) is 75.7 Å². The molecule has 6 nitrogen and oxygen atoms in total. The number of nitrogens with zero attached hydrogens (tertiary/aromatic N) is 4. The number of carbonyl (C=O) groups is 1. The van der Waals surface area contributed by atoms with Crippen LogP contribution in [0, 0.1) is 27.7 Å². The van der Waals surface area contributed by atoms with Crippen molar-refractivity contribution in [2.75, 3.05) is 5.32 Å². The van der Waals surface area contributed by atoms with Crippen LogP contribution >= 0.6 is 0 Å². The van der Waals surface area contributed by atoms with Crippen LogP contribution in [0.3, 0.4) is 0 Å².